The number of fused-ring (bicyclic) bond motifs is 2. The van der Waals surface area contributed by atoms with Crippen LogP contribution in [0, 0.1) is 5.92 Å². The van der Waals surface area contributed by atoms with Crippen molar-refractivity contribution in [3.63, 3.8) is 0 Å². The molecule has 0 aliphatic carbocycles. The van der Waals surface area contributed by atoms with Crippen molar-refractivity contribution in [3.8, 4) is 0 Å². The maximum Gasteiger partial charge on any atom is 0.264 e. The van der Waals surface area contributed by atoms with E-state index in [0.29, 0.717) is 19.4 Å². The number of anilines is 2. The van der Waals surface area contributed by atoms with Crippen LogP contribution in [0.2, 0.25) is 18.6 Å². The van der Waals surface area contributed by atoms with Crippen LogP contribution in [0.5, 0.6) is 0 Å². The third kappa shape index (κ3) is 4.04. The Labute approximate surface area is 220 Å². The van der Waals surface area contributed by atoms with Crippen molar-refractivity contribution in [2.75, 3.05) is 23.0 Å². The molecule has 0 bridgehead atoms. The van der Waals surface area contributed by atoms with E-state index in [1.54, 1.807) is 22.9 Å². The molecule has 0 aromatic heterocycles. The smallest absolute Gasteiger partial charge is 0.264 e. The van der Waals surface area contributed by atoms with Gasteiger partial charge in [-0.2, -0.15) is 0 Å². The quantitative estimate of drug-likeness (QED) is 0.376. The molecule has 0 unspecified atom stereocenters. The van der Waals surface area contributed by atoms with E-state index in [1.807, 2.05) is 49.4 Å². The summed E-state index contributed by atoms with van der Waals surface area (Å²) in [5.74, 6) is -0.432. The van der Waals surface area contributed by atoms with Crippen LogP contribution >= 0.6 is 15.9 Å². The minimum Gasteiger partial charge on any atom is -0.396 e. The first-order valence-electron chi connectivity index (χ1n) is 12.6. The highest BCUT2D eigenvalue weighted by Gasteiger charge is 2.66. The van der Waals surface area contributed by atoms with E-state index >= 15 is 4.11 Å². The molecule has 1 spiro atoms. The normalized spacial score (nSPS) is 28.0. The van der Waals surface area contributed by atoms with Crippen LogP contribution in [0.4, 0.5) is 15.5 Å². The molecule has 0 saturated carbocycles. The molecular formula is C27H32BrFN2O4Si. The number of hydrogen-bond donors (Lipinski definition) is 1. The molecule has 192 valence electrons. The van der Waals surface area contributed by atoms with Crippen LogP contribution in [0.1, 0.15) is 37.3 Å². The second-order valence-corrected chi connectivity index (χ2v) is 15.4. The van der Waals surface area contributed by atoms with Crippen molar-refractivity contribution in [2.45, 2.75) is 63.1 Å². The second kappa shape index (κ2) is 9.35. The Bertz CT molecular complexity index is 1190. The summed E-state index contributed by atoms with van der Waals surface area (Å²) in [6.45, 7) is 6.19. The van der Waals surface area contributed by atoms with Crippen molar-refractivity contribution < 1.29 is 23.5 Å². The fourth-order valence-corrected chi connectivity index (χ4v) is 9.36. The Kier molecular flexibility index (Phi) is 6.64. The third-order valence-corrected chi connectivity index (χ3v) is 10.9. The largest absolute Gasteiger partial charge is 0.396 e. The number of ether oxygens (including phenoxy) is 1. The van der Waals surface area contributed by atoms with Crippen LogP contribution in [0.15, 0.2) is 46.9 Å². The summed E-state index contributed by atoms with van der Waals surface area (Å²) >= 11 is 3.54. The first-order valence-corrected chi connectivity index (χ1v) is 16.3. The molecule has 3 heterocycles. The summed E-state index contributed by atoms with van der Waals surface area (Å²) in [6.07, 6.45) is 1.22. The average molecular weight is 576 g/mol. The number of carbonyl (C=O) groups excluding carboxylic acids is 2. The molecule has 6 nitrogen and oxygen atoms in total. The lowest BCUT2D eigenvalue weighted by molar-refractivity contribution is -0.146. The van der Waals surface area contributed by atoms with Gasteiger partial charge in [-0.05, 0) is 61.8 Å². The van der Waals surface area contributed by atoms with Gasteiger partial charge in [0.05, 0.1) is 18.3 Å². The van der Waals surface area contributed by atoms with Crippen molar-refractivity contribution >= 4 is 47.5 Å². The lowest BCUT2D eigenvalue weighted by atomic mass is 9.82. The van der Waals surface area contributed by atoms with Gasteiger partial charge in [-0.15, -0.1) is 0 Å². The predicted molar refractivity (Wildman–Crippen MR) is 143 cm³/mol. The van der Waals surface area contributed by atoms with Gasteiger partial charge in [-0.1, -0.05) is 35.0 Å². The standard InChI is InChI=1S/C27H32BrFN2O4Si/c1-17-25(36(2,3)29)23(12-14-32)35-27(17)21-15-19(28)8-11-22(21)31(26(27)34)16-18-6-9-20(10-7-18)30-13-4-5-24(30)33/h6-11,15,17,23,25,32H,4-5,12-14,16H2,1-3H3/t17-,23+,25-,27+/m0/s1. The highest BCUT2D eigenvalue weighted by molar-refractivity contribution is 9.10. The molecular weight excluding hydrogens is 543 g/mol. The molecule has 5 rings (SSSR count). The van der Waals surface area contributed by atoms with Gasteiger partial charge in [-0.25, -0.2) is 0 Å². The molecule has 2 saturated heterocycles. The zero-order valence-corrected chi connectivity index (χ0v) is 23.4. The predicted octanol–water partition coefficient (Wildman–Crippen LogP) is 5.28. The number of hydrogen-bond acceptors (Lipinski definition) is 4. The van der Waals surface area contributed by atoms with Crippen LogP contribution in [-0.2, 0) is 26.5 Å². The number of halogens is 2. The monoisotopic (exact) mass is 574 g/mol. The fourth-order valence-electron chi connectivity index (χ4n) is 6.46. The summed E-state index contributed by atoms with van der Waals surface area (Å²) in [5.41, 5.74) is 1.60. The second-order valence-electron chi connectivity index (χ2n) is 10.7. The molecule has 0 radical (unpaired) electrons. The summed E-state index contributed by atoms with van der Waals surface area (Å²) in [7, 11) is -3.22. The Balaban J connectivity index is 1.50. The van der Waals surface area contributed by atoms with E-state index in [4.69, 9.17) is 4.74 Å². The maximum absolute atomic E-state index is 15.6. The zero-order chi connectivity index (χ0) is 25.8. The lowest BCUT2D eigenvalue weighted by Crippen LogP contribution is -2.45. The van der Waals surface area contributed by atoms with Gasteiger partial charge >= 0.3 is 0 Å². The molecule has 3 aliphatic heterocycles. The molecule has 2 fully saturated rings. The molecule has 1 N–H and O–H groups in total. The topological polar surface area (TPSA) is 70.1 Å². The van der Waals surface area contributed by atoms with E-state index in [0.717, 1.165) is 39.9 Å². The average Bonchev–Trinajstić information content (AvgIpc) is 3.44. The van der Waals surface area contributed by atoms with E-state index in [2.05, 4.69) is 15.9 Å². The summed E-state index contributed by atoms with van der Waals surface area (Å²) < 4.78 is 23.0. The molecule has 3 aliphatic rings. The number of rotatable bonds is 6. The fraction of sp³-hybridized carbons (Fsp3) is 0.481. The number of nitrogens with zero attached hydrogens (tertiary/aromatic N) is 2. The number of aliphatic hydroxyl groups excluding tert-OH is 1. The van der Waals surface area contributed by atoms with Gasteiger partial charge in [-0.3, -0.25) is 9.59 Å². The van der Waals surface area contributed by atoms with Crippen LogP contribution in [0.25, 0.3) is 0 Å². The van der Waals surface area contributed by atoms with Crippen molar-refractivity contribution in [1.82, 2.24) is 0 Å². The van der Waals surface area contributed by atoms with Gasteiger partial charge in [0, 0.05) is 46.8 Å². The maximum atomic E-state index is 15.6. The lowest BCUT2D eigenvalue weighted by Gasteiger charge is -2.31. The van der Waals surface area contributed by atoms with Gasteiger partial charge in [0.25, 0.3) is 5.91 Å². The molecule has 4 atom stereocenters. The first-order chi connectivity index (χ1) is 17.1. The van der Waals surface area contributed by atoms with Crippen molar-refractivity contribution in [1.29, 1.82) is 0 Å². The highest BCUT2D eigenvalue weighted by atomic mass is 79.9. The number of benzene rings is 2. The zero-order valence-electron chi connectivity index (χ0n) is 20.8. The molecule has 9 heteroatoms. The van der Waals surface area contributed by atoms with E-state index < -0.39 is 25.7 Å². The molecule has 2 aromatic carbocycles. The SMILES string of the molecule is C[C@H]1[C@H]([Si](C)(C)F)[C@@H](CCO)O[C@]12C(=O)N(Cc1ccc(N3CCCC3=O)cc1)c1ccc(Br)cc12. The van der Waals surface area contributed by atoms with E-state index in [1.165, 1.54) is 0 Å². The summed E-state index contributed by atoms with van der Waals surface area (Å²) in [6, 6.07) is 13.5. The van der Waals surface area contributed by atoms with Crippen LogP contribution in [-0.4, -0.2) is 44.6 Å². The van der Waals surface area contributed by atoms with Gasteiger partial charge < -0.3 is 23.8 Å². The van der Waals surface area contributed by atoms with Crippen LogP contribution in [0.3, 0.4) is 0 Å². The molecule has 2 amide bonds. The van der Waals surface area contributed by atoms with Gasteiger partial charge in [0.15, 0.2) is 5.60 Å². The third-order valence-electron chi connectivity index (χ3n) is 8.00. The number of amides is 2. The van der Waals surface area contributed by atoms with Crippen molar-refractivity contribution in [3.05, 3.63) is 58.1 Å². The molecule has 36 heavy (non-hydrogen) atoms. The summed E-state index contributed by atoms with van der Waals surface area (Å²) in [4.78, 5) is 29.9. The number of aliphatic hydroxyl groups is 1. The minimum absolute atomic E-state index is 0.121. The number of carbonyl (C=O) groups is 2. The Morgan fingerprint density at radius 1 is 1.19 bits per heavy atom. The van der Waals surface area contributed by atoms with Crippen LogP contribution < -0.4 is 9.80 Å². The van der Waals surface area contributed by atoms with Crippen molar-refractivity contribution in [2.24, 2.45) is 5.92 Å². The Morgan fingerprint density at radius 2 is 1.92 bits per heavy atom. The minimum atomic E-state index is -3.22. The molecule has 2 aromatic rings. The van der Waals surface area contributed by atoms with E-state index in [-0.39, 0.29) is 24.3 Å². The van der Waals surface area contributed by atoms with E-state index in [9.17, 15) is 14.7 Å². The highest BCUT2D eigenvalue weighted by Crippen LogP contribution is 2.60. The Morgan fingerprint density at radius 3 is 2.53 bits per heavy atom. The van der Waals surface area contributed by atoms with Gasteiger partial charge in [0.1, 0.15) is 0 Å². The Hall–Kier alpha value is -2.07. The van der Waals surface area contributed by atoms with Gasteiger partial charge in [0.2, 0.25) is 14.3 Å². The summed E-state index contributed by atoms with van der Waals surface area (Å²) in [5, 5.41) is 9.68. The first kappa shape index (κ1) is 25.6.